The van der Waals surface area contributed by atoms with E-state index in [0.717, 1.165) is 97.1 Å². The number of hydrogen-bond acceptors (Lipinski definition) is 5. The Balaban J connectivity index is 1.45. The SMILES string of the molecule is CCNC(=NCCCN1CCC(O)CC1)N1CCOC(C2CCCO2)C1. The maximum atomic E-state index is 9.59. The highest BCUT2D eigenvalue weighted by Crippen LogP contribution is 2.21. The average Bonchev–Trinajstić information content (AvgIpc) is 3.21. The number of aliphatic hydroxyl groups is 1. The molecule has 3 fully saturated rings. The van der Waals surface area contributed by atoms with Crippen molar-refractivity contribution in [3.63, 3.8) is 0 Å². The first-order chi connectivity index (χ1) is 12.8. The molecule has 26 heavy (non-hydrogen) atoms. The molecular formula is C19H36N4O3. The van der Waals surface area contributed by atoms with Crippen LogP contribution in [-0.4, -0.2) is 98.2 Å². The number of guanidine groups is 1. The lowest BCUT2D eigenvalue weighted by Gasteiger charge is -2.37. The number of aliphatic imine (C=N–C) groups is 1. The molecule has 0 saturated carbocycles. The molecule has 0 aromatic heterocycles. The molecule has 0 aromatic carbocycles. The zero-order chi connectivity index (χ0) is 18.2. The molecule has 2 atom stereocenters. The molecule has 0 spiro atoms. The highest BCUT2D eigenvalue weighted by Gasteiger charge is 2.32. The molecule has 2 unspecified atom stereocenters. The number of nitrogens with one attached hydrogen (secondary N) is 1. The summed E-state index contributed by atoms with van der Waals surface area (Å²) in [6.45, 7) is 10.3. The third-order valence-electron chi connectivity index (χ3n) is 5.56. The molecule has 3 aliphatic heterocycles. The van der Waals surface area contributed by atoms with Gasteiger partial charge < -0.3 is 29.7 Å². The Morgan fingerprint density at radius 1 is 1.12 bits per heavy atom. The van der Waals surface area contributed by atoms with Crippen molar-refractivity contribution in [3.8, 4) is 0 Å². The zero-order valence-electron chi connectivity index (χ0n) is 16.2. The van der Waals surface area contributed by atoms with Crippen LogP contribution in [-0.2, 0) is 9.47 Å². The largest absolute Gasteiger partial charge is 0.393 e. The molecule has 3 rings (SSSR count). The fourth-order valence-electron chi connectivity index (χ4n) is 4.04. The van der Waals surface area contributed by atoms with Crippen LogP contribution in [0.1, 0.15) is 39.0 Å². The fourth-order valence-corrected chi connectivity index (χ4v) is 4.04. The smallest absolute Gasteiger partial charge is 0.194 e. The van der Waals surface area contributed by atoms with Gasteiger partial charge in [0.2, 0.25) is 0 Å². The Bertz CT molecular complexity index is 435. The van der Waals surface area contributed by atoms with Gasteiger partial charge in [0, 0.05) is 45.9 Å². The van der Waals surface area contributed by atoms with Crippen molar-refractivity contribution in [2.24, 2.45) is 4.99 Å². The Morgan fingerprint density at radius 3 is 2.65 bits per heavy atom. The van der Waals surface area contributed by atoms with Gasteiger partial charge in [0.1, 0.15) is 6.10 Å². The van der Waals surface area contributed by atoms with Crippen molar-refractivity contribution in [2.45, 2.75) is 57.3 Å². The van der Waals surface area contributed by atoms with Crippen LogP contribution in [0.5, 0.6) is 0 Å². The first kappa shape index (κ1) is 19.9. The molecule has 3 saturated heterocycles. The van der Waals surface area contributed by atoms with Gasteiger partial charge in [0.15, 0.2) is 5.96 Å². The summed E-state index contributed by atoms with van der Waals surface area (Å²) >= 11 is 0. The van der Waals surface area contributed by atoms with Crippen molar-refractivity contribution in [2.75, 3.05) is 59.0 Å². The van der Waals surface area contributed by atoms with Crippen molar-refractivity contribution < 1.29 is 14.6 Å². The van der Waals surface area contributed by atoms with Crippen LogP contribution in [0.2, 0.25) is 0 Å². The third kappa shape index (κ3) is 5.81. The Kier molecular flexibility index (Phi) is 7.98. The maximum absolute atomic E-state index is 9.59. The second kappa shape index (κ2) is 10.4. The minimum Gasteiger partial charge on any atom is -0.393 e. The van der Waals surface area contributed by atoms with Crippen LogP contribution in [0.25, 0.3) is 0 Å². The summed E-state index contributed by atoms with van der Waals surface area (Å²) in [6, 6.07) is 0. The summed E-state index contributed by atoms with van der Waals surface area (Å²) in [5, 5.41) is 13.0. The van der Waals surface area contributed by atoms with Gasteiger partial charge in [-0.2, -0.15) is 0 Å². The van der Waals surface area contributed by atoms with Gasteiger partial charge in [-0.15, -0.1) is 0 Å². The highest BCUT2D eigenvalue weighted by molar-refractivity contribution is 5.80. The highest BCUT2D eigenvalue weighted by atomic mass is 16.5. The predicted molar refractivity (Wildman–Crippen MR) is 103 cm³/mol. The summed E-state index contributed by atoms with van der Waals surface area (Å²) in [4.78, 5) is 9.63. The molecule has 2 N–H and O–H groups in total. The van der Waals surface area contributed by atoms with E-state index >= 15 is 0 Å². The van der Waals surface area contributed by atoms with E-state index in [1.165, 1.54) is 0 Å². The summed E-state index contributed by atoms with van der Waals surface area (Å²) in [5.41, 5.74) is 0. The summed E-state index contributed by atoms with van der Waals surface area (Å²) < 4.78 is 11.8. The van der Waals surface area contributed by atoms with Crippen LogP contribution in [0.4, 0.5) is 0 Å². The average molecular weight is 369 g/mol. The Hall–Kier alpha value is -0.890. The van der Waals surface area contributed by atoms with E-state index in [4.69, 9.17) is 14.5 Å². The molecule has 7 nitrogen and oxygen atoms in total. The first-order valence-corrected chi connectivity index (χ1v) is 10.4. The van der Waals surface area contributed by atoms with Crippen LogP contribution in [0.15, 0.2) is 4.99 Å². The molecule has 0 radical (unpaired) electrons. The van der Waals surface area contributed by atoms with Crippen LogP contribution >= 0.6 is 0 Å². The standard InChI is InChI=1S/C19H36N4O3/c1-2-20-19(21-8-4-9-22-10-6-16(24)7-11-22)23-12-14-26-18(15-23)17-5-3-13-25-17/h16-18,24H,2-15H2,1H3,(H,20,21). The van der Waals surface area contributed by atoms with Crippen LogP contribution in [0, 0.1) is 0 Å². The number of rotatable bonds is 6. The lowest BCUT2D eigenvalue weighted by atomic mass is 10.1. The van der Waals surface area contributed by atoms with Gasteiger partial charge in [-0.05, 0) is 45.6 Å². The Morgan fingerprint density at radius 2 is 1.92 bits per heavy atom. The fraction of sp³-hybridized carbons (Fsp3) is 0.947. The van der Waals surface area contributed by atoms with E-state index in [0.29, 0.717) is 0 Å². The molecule has 150 valence electrons. The summed E-state index contributed by atoms with van der Waals surface area (Å²) in [5.74, 6) is 1.01. The van der Waals surface area contributed by atoms with Gasteiger partial charge >= 0.3 is 0 Å². The van der Waals surface area contributed by atoms with E-state index in [9.17, 15) is 5.11 Å². The van der Waals surface area contributed by atoms with Crippen LogP contribution < -0.4 is 5.32 Å². The monoisotopic (exact) mass is 368 g/mol. The molecule has 0 aliphatic carbocycles. The van der Waals surface area contributed by atoms with Crippen molar-refractivity contribution in [1.29, 1.82) is 0 Å². The molecule has 7 heteroatoms. The van der Waals surface area contributed by atoms with E-state index < -0.39 is 0 Å². The molecule has 3 aliphatic rings. The second-order valence-electron chi connectivity index (χ2n) is 7.57. The van der Waals surface area contributed by atoms with Crippen molar-refractivity contribution in [1.82, 2.24) is 15.1 Å². The van der Waals surface area contributed by atoms with Crippen molar-refractivity contribution >= 4 is 5.96 Å². The van der Waals surface area contributed by atoms with E-state index in [-0.39, 0.29) is 18.3 Å². The summed E-state index contributed by atoms with van der Waals surface area (Å²) in [7, 11) is 0. The zero-order valence-corrected chi connectivity index (χ0v) is 16.2. The number of aliphatic hydroxyl groups excluding tert-OH is 1. The molecule has 0 aromatic rings. The second-order valence-corrected chi connectivity index (χ2v) is 7.57. The minimum atomic E-state index is -0.0947. The predicted octanol–water partition coefficient (Wildman–Crippen LogP) is 0.679. The van der Waals surface area contributed by atoms with Gasteiger partial charge in [0.25, 0.3) is 0 Å². The first-order valence-electron chi connectivity index (χ1n) is 10.4. The van der Waals surface area contributed by atoms with E-state index in [1.54, 1.807) is 0 Å². The maximum Gasteiger partial charge on any atom is 0.194 e. The Labute approximate surface area is 157 Å². The quantitative estimate of drug-likeness (QED) is 0.408. The number of ether oxygens (including phenoxy) is 2. The topological polar surface area (TPSA) is 69.6 Å². The third-order valence-corrected chi connectivity index (χ3v) is 5.56. The normalized spacial score (nSPS) is 29.3. The minimum absolute atomic E-state index is 0.0947. The lowest BCUT2D eigenvalue weighted by Crippen LogP contribution is -2.53. The molecule has 0 bridgehead atoms. The van der Waals surface area contributed by atoms with Gasteiger partial charge in [-0.1, -0.05) is 0 Å². The summed E-state index contributed by atoms with van der Waals surface area (Å²) in [6.07, 6.45) is 5.44. The number of morpholine rings is 1. The van der Waals surface area contributed by atoms with E-state index in [1.807, 2.05) is 0 Å². The molecular weight excluding hydrogens is 332 g/mol. The molecule has 0 amide bonds. The molecule has 3 heterocycles. The van der Waals surface area contributed by atoms with Gasteiger partial charge in [-0.3, -0.25) is 4.99 Å². The van der Waals surface area contributed by atoms with Crippen LogP contribution in [0.3, 0.4) is 0 Å². The van der Waals surface area contributed by atoms with Gasteiger partial charge in [-0.25, -0.2) is 0 Å². The number of hydrogen-bond donors (Lipinski definition) is 2. The number of likely N-dealkylation sites (tertiary alicyclic amines) is 1. The van der Waals surface area contributed by atoms with E-state index in [2.05, 4.69) is 22.0 Å². The van der Waals surface area contributed by atoms with Crippen molar-refractivity contribution in [3.05, 3.63) is 0 Å². The lowest BCUT2D eigenvalue weighted by molar-refractivity contribution is -0.0817. The van der Waals surface area contributed by atoms with Gasteiger partial charge in [0.05, 0.1) is 18.8 Å². The number of nitrogens with zero attached hydrogens (tertiary/aromatic N) is 3. The number of piperidine rings is 1.